The van der Waals surface area contributed by atoms with Crippen LogP contribution in [0.15, 0.2) is 29.3 Å². The predicted molar refractivity (Wildman–Crippen MR) is 180 cm³/mol. The van der Waals surface area contributed by atoms with Crippen LogP contribution < -0.4 is 28.1 Å². The average molecular weight is 665 g/mol. The first-order valence-electron chi connectivity index (χ1n) is 14.7. The van der Waals surface area contributed by atoms with E-state index < -0.39 is 23.3 Å². The summed E-state index contributed by atoms with van der Waals surface area (Å²) in [6.45, 7) is 8.32. The number of nitrogens with two attached hydrogens (primary N) is 3. The number of hydrogen-bond acceptors (Lipinski definition) is 13. The van der Waals surface area contributed by atoms with Crippen LogP contribution in [0.25, 0.3) is 22.1 Å². The normalized spacial score (nSPS) is 13.0. The van der Waals surface area contributed by atoms with Crippen molar-refractivity contribution in [1.82, 2.24) is 29.9 Å². The van der Waals surface area contributed by atoms with Gasteiger partial charge in [0.15, 0.2) is 11.3 Å². The summed E-state index contributed by atoms with van der Waals surface area (Å²) in [6.07, 6.45) is 7.16. The number of aromatic nitrogens is 6. The van der Waals surface area contributed by atoms with Crippen molar-refractivity contribution >= 4 is 55.8 Å². The SMILES string of the molecule is CCCC[C@@H](N)[C@H](C)O.CCCC[C@@H](Nc1nc(N)nc2cc(F)cnc12)[C@H](C)O.Nc1nc2cc(F)cnc2c(=O)[nH]1.O=BP. The molecule has 4 rings (SSSR count). The minimum atomic E-state index is -0.553. The molecule has 5 atom stereocenters. The molecule has 0 spiro atoms. The number of fused-ring (bicyclic) bond motifs is 2. The van der Waals surface area contributed by atoms with Crippen molar-refractivity contribution in [2.45, 2.75) is 90.5 Å². The van der Waals surface area contributed by atoms with E-state index in [1.165, 1.54) is 6.07 Å². The Bertz CT molecular complexity index is 1560. The van der Waals surface area contributed by atoms with Crippen LogP contribution in [0.4, 0.5) is 26.5 Å². The Morgan fingerprint density at radius 1 is 0.935 bits per heavy atom. The van der Waals surface area contributed by atoms with E-state index in [0.717, 1.165) is 57.0 Å². The Kier molecular flexibility index (Phi) is 18.5. The molecule has 10 N–H and O–H groups in total. The molecule has 46 heavy (non-hydrogen) atoms. The molecule has 0 bridgehead atoms. The van der Waals surface area contributed by atoms with Gasteiger partial charge in [0.25, 0.3) is 5.56 Å². The summed E-state index contributed by atoms with van der Waals surface area (Å²) in [5.74, 6) is -0.628. The van der Waals surface area contributed by atoms with E-state index >= 15 is 0 Å². The van der Waals surface area contributed by atoms with E-state index in [9.17, 15) is 18.7 Å². The number of aromatic amines is 1. The molecule has 4 aromatic rings. The zero-order chi connectivity index (χ0) is 34.8. The standard InChI is InChI=1S/C14H20FN5O.C7H5FN4O.C7H17NO.BH2OP/c1-3-4-5-10(8(2)21)18-13-12-11(19-14(16)20-13)6-9(15)7-17-12;8-3-1-4-5(10-2-3)6(13)12-7(9)11-4;1-3-4-5-7(8)6(2)9;2-1-3/h6-8,10,21H,3-5H2,1-2H3,(H3,16,18,19,20);1-2H,(H3,9,11,12,13);6-7,9H,3-5,8H2,1-2H3;3H2/t8-,10+;;6-,7+;/m0.0./s1. The van der Waals surface area contributed by atoms with E-state index in [2.05, 4.69) is 49.1 Å². The van der Waals surface area contributed by atoms with E-state index in [1.54, 1.807) is 13.8 Å². The molecule has 4 aromatic heterocycles. The average Bonchev–Trinajstić information content (AvgIpc) is 2.98. The van der Waals surface area contributed by atoms with E-state index in [4.69, 9.17) is 27.0 Å². The molecule has 18 heteroatoms. The molecular weight excluding hydrogens is 620 g/mol. The number of halogens is 2. The third kappa shape index (κ3) is 14.1. The van der Waals surface area contributed by atoms with Crippen molar-refractivity contribution in [1.29, 1.82) is 0 Å². The first-order valence-corrected chi connectivity index (χ1v) is 15.4. The second-order valence-corrected chi connectivity index (χ2v) is 10.5. The van der Waals surface area contributed by atoms with Gasteiger partial charge in [0.2, 0.25) is 11.9 Å². The zero-order valence-electron chi connectivity index (χ0n) is 26.5. The topological polar surface area (TPSA) is 245 Å². The number of anilines is 3. The fourth-order valence-electron chi connectivity index (χ4n) is 3.85. The monoisotopic (exact) mass is 664 g/mol. The van der Waals surface area contributed by atoms with Crippen LogP contribution in [0.5, 0.6) is 0 Å². The molecule has 0 aromatic carbocycles. The number of aliphatic hydroxyl groups is 2. The van der Waals surface area contributed by atoms with Crippen LogP contribution in [0.3, 0.4) is 0 Å². The summed E-state index contributed by atoms with van der Waals surface area (Å²) >= 11 is 0. The number of nitrogen functional groups attached to an aromatic ring is 2. The van der Waals surface area contributed by atoms with Gasteiger partial charge in [-0.3, -0.25) is 9.78 Å². The van der Waals surface area contributed by atoms with Crippen molar-refractivity contribution in [3.63, 3.8) is 0 Å². The third-order valence-corrected chi connectivity index (χ3v) is 6.34. The molecule has 0 aliphatic rings. The Labute approximate surface area is 268 Å². The summed E-state index contributed by atoms with van der Waals surface area (Å²) in [6, 6.07) is 2.17. The third-order valence-electron chi connectivity index (χ3n) is 6.34. The summed E-state index contributed by atoms with van der Waals surface area (Å²) in [7, 11) is 1.90. The number of rotatable bonds is 10. The second kappa shape index (κ2) is 21.1. The molecule has 0 aliphatic carbocycles. The number of H-pyrrole nitrogens is 1. The zero-order valence-corrected chi connectivity index (χ0v) is 27.6. The van der Waals surface area contributed by atoms with Gasteiger partial charge in [-0.15, -0.1) is 0 Å². The number of hydrogen-bond donors (Lipinski definition) is 7. The van der Waals surface area contributed by atoms with Gasteiger partial charge < -0.3 is 32.7 Å². The Morgan fingerprint density at radius 2 is 1.46 bits per heavy atom. The van der Waals surface area contributed by atoms with Gasteiger partial charge in [0, 0.05) is 18.2 Å². The second-order valence-electron chi connectivity index (χ2n) is 10.2. The quantitative estimate of drug-likeness (QED) is 0.0954. The molecule has 0 fully saturated rings. The molecule has 0 amide bonds. The molecule has 0 saturated carbocycles. The molecule has 14 nitrogen and oxygen atoms in total. The molecular formula is C28H44BF2N10O4P. The summed E-state index contributed by atoms with van der Waals surface area (Å²) in [4.78, 5) is 32.8. The van der Waals surface area contributed by atoms with Crippen molar-refractivity contribution in [2.24, 2.45) is 5.73 Å². The van der Waals surface area contributed by atoms with Crippen LogP contribution in [-0.2, 0) is 4.70 Å². The van der Waals surface area contributed by atoms with Gasteiger partial charge >= 0.3 is 20.7 Å². The minimum absolute atomic E-state index is 0.0232. The number of nitrogens with one attached hydrogen (secondary N) is 2. The Hall–Kier alpha value is -3.79. The van der Waals surface area contributed by atoms with Gasteiger partial charge in [0.1, 0.15) is 22.7 Å². The van der Waals surface area contributed by atoms with E-state index in [-0.39, 0.29) is 41.1 Å². The maximum atomic E-state index is 13.2. The molecule has 0 aliphatic heterocycles. The van der Waals surface area contributed by atoms with Crippen LogP contribution >= 0.6 is 9.12 Å². The molecule has 252 valence electrons. The van der Waals surface area contributed by atoms with Gasteiger partial charge in [-0.05, 0) is 26.7 Å². The first-order chi connectivity index (χ1) is 21.8. The van der Waals surface area contributed by atoms with Crippen LogP contribution in [0.2, 0.25) is 0 Å². The van der Waals surface area contributed by atoms with E-state index in [1.807, 2.05) is 9.12 Å². The van der Waals surface area contributed by atoms with Gasteiger partial charge in [0.05, 0.1) is 36.2 Å². The Balaban J connectivity index is 0.000000360. The van der Waals surface area contributed by atoms with Gasteiger partial charge in [-0.25, -0.2) is 28.7 Å². The number of nitrogens with zero attached hydrogens (tertiary/aromatic N) is 5. The molecule has 4 heterocycles. The maximum absolute atomic E-state index is 13.2. The first kappa shape index (κ1) is 40.2. The Morgan fingerprint density at radius 3 is 1.98 bits per heavy atom. The molecule has 0 radical (unpaired) electrons. The van der Waals surface area contributed by atoms with E-state index in [0.29, 0.717) is 23.7 Å². The fraction of sp³-hybridized carbons (Fsp3) is 0.500. The van der Waals surface area contributed by atoms with Crippen LogP contribution in [-0.4, -0.2) is 71.3 Å². The fourth-order valence-corrected chi connectivity index (χ4v) is 3.85. The number of pyridine rings is 2. The number of unbranched alkanes of at least 4 members (excludes halogenated alkanes) is 2. The molecule has 1 unspecified atom stereocenters. The van der Waals surface area contributed by atoms with Crippen molar-refractivity contribution < 1.29 is 23.7 Å². The summed E-state index contributed by atoms with van der Waals surface area (Å²) in [5, 5.41) is 21.9. The summed E-state index contributed by atoms with van der Waals surface area (Å²) < 4.78 is 34.6. The predicted octanol–water partition coefficient (Wildman–Crippen LogP) is 2.85. The van der Waals surface area contributed by atoms with Crippen molar-refractivity contribution in [3.05, 3.63) is 46.5 Å². The van der Waals surface area contributed by atoms with Gasteiger partial charge in [-0.2, -0.15) is 4.98 Å². The van der Waals surface area contributed by atoms with Gasteiger partial charge in [-0.1, -0.05) is 39.5 Å². The number of aliphatic hydroxyl groups excluding tert-OH is 2. The molecule has 0 saturated heterocycles. The summed E-state index contributed by atoms with van der Waals surface area (Å²) in [5.41, 5.74) is 17.0. The van der Waals surface area contributed by atoms with Crippen molar-refractivity contribution in [3.8, 4) is 0 Å². The van der Waals surface area contributed by atoms with Crippen molar-refractivity contribution in [2.75, 3.05) is 16.8 Å². The van der Waals surface area contributed by atoms with Crippen LogP contribution in [0, 0.1) is 11.6 Å². The van der Waals surface area contributed by atoms with Crippen LogP contribution in [0.1, 0.15) is 66.2 Å².